The smallest absolute Gasteiger partial charge is 0.407 e. The van der Waals surface area contributed by atoms with Crippen LogP contribution in [0.15, 0.2) is 36.4 Å². The zero-order chi connectivity index (χ0) is 20.7. The lowest BCUT2D eigenvalue weighted by molar-refractivity contribution is 0.0928. The minimum atomic E-state index is -0.924. The van der Waals surface area contributed by atoms with Crippen LogP contribution in [0.5, 0.6) is 0 Å². The standard InChI is InChI=1S/C20H23N5O4/c1-11(12-6-4-3-5-7-12)25-16(8-15(23-25)18(26)21-2)19(27)22-17-13-9-24(20(28)29)10-14(13)17/h3-8,11,13-14,17H,9-10H2,1-2H3,(H,21,26)(H,22,27)(H,28,29)/t11-,13-,14+,17-/m0/s1. The number of aromatic nitrogens is 2. The number of nitrogens with one attached hydrogen (secondary N) is 2. The fraction of sp³-hybridized carbons (Fsp3) is 0.400. The van der Waals surface area contributed by atoms with E-state index in [0.717, 1.165) is 5.56 Å². The molecule has 2 fully saturated rings. The number of likely N-dealkylation sites (tertiary alicyclic amines) is 1. The topological polar surface area (TPSA) is 117 Å². The molecule has 0 bridgehead atoms. The molecule has 3 N–H and O–H groups in total. The van der Waals surface area contributed by atoms with Crippen molar-refractivity contribution in [3.05, 3.63) is 53.3 Å². The Hall–Kier alpha value is -3.36. The molecule has 0 unspecified atom stereocenters. The molecule has 29 heavy (non-hydrogen) atoms. The highest BCUT2D eigenvalue weighted by Gasteiger charge is 2.57. The number of hydrogen-bond acceptors (Lipinski definition) is 4. The van der Waals surface area contributed by atoms with Crippen LogP contribution < -0.4 is 10.6 Å². The number of fused-ring (bicyclic) bond motifs is 1. The van der Waals surface area contributed by atoms with Crippen LogP contribution in [0.4, 0.5) is 4.79 Å². The fourth-order valence-electron chi connectivity index (χ4n) is 4.09. The highest BCUT2D eigenvalue weighted by Crippen LogP contribution is 2.45. The molecule has 2 heterocycles. The SMILES string of the molecule is CNC(=O)c1cc(C(=O)N[C@@H]2[C@@H]3CN(C(=O)O)C[C@@H]32)n([C@@H](C)c2ccccc2)n1. The Kier molecular flexibility index (Phi) is 4.73. The molecule has 2 aliphatic rings. The number of carbonyl (C=O) groups excluding carboxylic acids is 2. The third-order valence-electron chi connectivity index (χ3n) is 5.84. The van der Waals surface area contributed by atoms with Crippen LogP contribution >= 0.6 is 0 Å². The van der Waals surface area contributed by atoms with Gasteiger partial charge in [0.1, 0.15) is 5.69 Å². The first-order valence-corrected chi connectivity index (χ1v) is 9.56. The number of amides is 3. The molecule has 1 aliphatic heterocycles. The molecule has 2 aromatic rings. The van der Waals surface area contributed by atoms with Gasteiger partial charge in [-0.15, -0.1) is 0 Å². The lowest BCUT2D eigenvalue weighted by Crippen LogP contribution is -2.37. The van der Waals surface area contributed by atoms with Crippen LogP contribution in [0.25, 0.3) is 0 Å². The van der Waals surface area contributed by atoms with Crippen LogP contribution in [0, 0.1) is 11.8 Å². The Morgan fingerprint density at radius 2 is 1.79 bits per heavy atom. The molecule has 1 aromatic heterocycles. The number of hydrogen-bond donors (Lipinski definition) is 3. The molecular formula is C20H23N5O4. The van der Waals surface area contributed by atoms with Gasteiger partial charge < -0.3 is 20.6 Å². The maximum absolute atomic E-state index is 13.0. The summed E-state index contributed by atoms with van der Waals surface area (Å²) in [6, 6.07) is 10.8. The Morgan fingerprint density at radius 1 is 1.14 bits per heavy atom. The molecule has 1 aliphatic carbocycles. The number of benzene rings is 1. The van der Waals surface area contributed by atoms with Gasteiger partial charge in [0.2, 0.25) is 0 Å². The van der Waals surface area contributed by atoms with Crippen molar-refractivity contribution in [2.75, 3.05) is 20.1 Å². The summed E-state index contributed by atoms with van der Waals surface area (Å²) < 4.78 is 1.57. The highest BCUT2D eigenvalue weighted by molar-refractivity contribution is 5.98. The Labute approximate surface area is 167 Å². The average Bonchev–Trinajstić information content (AvgIpc) is 3.11. The summed E-state index contributed by atoms with van der Waals surface area (Å²) in [5.74, 6) is -0.372. The molecule has 1 saturated heterocycles. The lowest BCUT2D eigenvalue weighted by atomic mass is 10.1. The van der Waals surface area contributed by atoms with Crippen molar-refractivity contribution in [2.24, 2.45) is 11.8 Å². The van der Waals surface area contributed by atoms with Gasteiger partial charge in [-0.3, -0.25) is 14.3 Å². The van der Waals surface area contributed by atoms with Gasteiger partial charge in [0, 0.05) is 44.1 Å². The zero-order valence-electron chi connectivity index (χ0n) is 16.2. The second-order valence-corrected chi connectivity index (χ2v) is 7.54. The Morgan fingerprint density at radius 3 is 2.38 bits per heavy atom. The van der Waals surface area contributed by atoms with Gasteiger partial charge in [-0.1, -0.05) is 30.3 Å². The predicted octanol–water partition coefficient (Wildman–Crippen LogP) is 1.19. The van der Waals surface area contributed by atoms with Gasteiger partial charge in [0.05, 0.1) is 6.04 Å². The summed E-state index contributed by atoms with van der Waals surface area (Å²) in [6.45, 7) is 2.80. The van der Waals surface area contributed by atoms with Gasteiger partial charge >= 0.3 is 6.09 Å². The Bertz CT molecular complexity index is 945. The van der Waals surface area contributed by atoms with Crippen molar-refractivity contribution in [3.8, 4) is 0 Å². The van der Waals surface area contributed by atoms with Gasteiger partial charge in [-0.05, 0) is 12.5 Å². The first-order valence-electron chi connectivity index (χ1n) is 9.56. The summed E-state index contributed by atoms with van der Waals surface area (Å²) in [5, 5.41) is 19.0. The van der Waals surface area contributed by atoms with E-state index in [-0.39, 0.29) is 41.4 Å². The molecule has 3 amide bonds. The third kappa shape index (κ3) is 3.43. The molecule has 152 valence electrons. The van der Waals surface area contributed by atoms with Gasteiger partial charge in [0.25, 0.3) is 11.8 Å². The second kappa shape index (κ2) is 7.23. The molecule has 1 saturated carbocycles. The molecule has 9 heteroatoms. The van der Waals surface area contributed by atoms with Crippen LogP contribution in [-0.4, -0.2) is 63.9 Å². The highest BCUT2D eigenvalue weighted by atomic mass is 16.4. The maximum atomic E-state index is 13.0. The number of piperidine rings is 1. The van der Waals surface area contributed by atoms with E-state index in [1.54, 1.807) is 4.68 Å². The van der Waals surface area contributed by atoms with Crippen molar-refractivity contribution < 1.29 is 19.5 Å². The first kappa shape index (κ1) is 19.0. The first-order chi connectivity index (χ1) is 13.9. The van der Waals surface area contributed by atoms with Crippen molar-refractivity contribution in [1.29, 1.82) is 0 Å². The van der Waals surface area contributed by atoms with E-state index in [0.29, 0.717) is 18.8 Å². The molecule has 9 nitrogen and oxygen atoms in total. The number of rotatable bonds is 5. The normalized spacial score (nSPS) is 23.2. The largest absolute Gasteiger partial charge is 0.465 e. The maximum Gasteiger partial charge on any atom is 0.407 e. The quantitative estimate of drug-likeness (QED) is 0.701. The van der Waals surface area contributed by atoms with Crippen LogP contribution in [0.2, 0.25) is 0 Å². The van der Waals surface area contributed by atoms with Crippen molar-refractivity contribution in [2.45, 2.75) is 19.0 Å². The third-order valence-corrected chi connectivity index (χ3v) is 5.84. The van der Waals surface area contributed by atoms with Crippen molar-refractivity contribution >= 4 is 17.9 Å². The summed E-state index contributed by atoms with van der Waals surface area (Å²) >= 11 is 0. The van der Waals surface area contributed by atoms with E-state index >= 15 is 0 Å². The summed E-state index contributed by atoms with van der Waals surface area (Å²) in [4.78, 5) is 37.5. The van der Waals surface area contributed by atoms with Crippen LogP contribution in [-0.2, 0) is 0 Å². The average molecular weight is 397 g/mol. The van der Waals surface area contributed by atoms with Gasteiger partial charge in [-0.25, -0.2) is 4.79 Å². The molecule has 4 rings (SSSR count). The lowest BCUT2D eigenvalue weighted by Gasteiger charge is -2.18. The monoisotopic (exact) mass is 397 g/mol. The van der Waals surface area contributed by atoms with E-state index < -0.39 is 6.09 Å². The molecule has 1 aromatic carbocycles. The molecule has 0 spiro atoms. The molecular weight excluding hydrogens is 374 g/mol. The molecule has 4 atom stereocenters. The fourth-order valence-corrected chi connectivity index (χ4v) is 4.09. The summed E-state index contributed by atoms with van der Waals surface area (Å²) in [7, 11) is 1.52. The van der Waals surface area contributed by atoms with Gasteiger partial charge in [0.15, 0.2) is 5.69 Å². The van der Waals surface area contributed by atoms with E-state index in [1.165, 1.54) is 18.0 Å². The van der Waals surface area contributed by atoms with E-state index in [1.807, 2.05) is 37.3 Å². The Balaban J connectivity index is 1.55. The van der Waals surface area contributed by atoms with E-state index in [4.69, 9.17) is 5.11 Å². The summed E-state index contributed by atoms with van der Waals surface area (Å²) in [5.41, 5.74) is 1.45. The van der Waals surface area contributed by atoms with Crippen molar-refractivity contribution in [1.82, 2.24) is 25.3 Å². The zero-order valence-corrected chi connectivity index (χ0v) is 16.2. The predicted molar refractivity (Wildman–Crippen MR) is 104 cm³/mol. The van der Waals surface area contributed by atoms with E-state index in [9.17, 15) is 14.4 Å². The van der Waals surface area contributed by atoms with E-state index in [2.05, 4.69) is 15.7 Å². The number of nitrogens with zero attached hydrogens (tertiary/aromatic N) is 3. The summed E-state index contributed by atoms with van der Waals surface area (Å²) in [6.07, 6.45) is -0.924. The van der Waals surface area contributed by atoms with Gasteiger partial charge in [-0.2, -0.15) is 5.10 Å². The number of carbonyl (C=O) groups is 3. The number of carboxylic acid groups (broad SMARTS) is 1. The van der Waals surface area contributed by atoms with Crippen LogP contribution in [0.1, 0.15) is 39.5 Å². The van der Waals surface area contributed by atoms with Crippen molar-refractivity contribution in [3.63, 3.8) is 0 Å². The van der Waals surface area contributed by atoms with Crippen LogP contribution in [0.3, 0.4) is 0 Å². The minimum Gasteiger partial charge on any atom is -0.465 e. The minimum absolute atomic E-state index is 0.0445. The second-order valence-electron chi connectivity index (χ2n) is 7.54. The molecule has 0 radical (unpaired) electrons.